The molecule has 0 aliphatic carbocycles. The highest BCUT2D eigenvalue weighted by Gasteiger charge is 2.30. The maximum atomic E-state index is 13.9. The number of piperazine rings is 1. The lowest BCUT2D eigenvalue weighted by molar-refractivity contribution is 0.0638. The highest BCUT2D eigenvalue weighted by Crippen LogP contribution is 2.28. The Balaban J connectivity index is 1.55. The smallest absolute Gasteiger partial charge is 0.255 e. The van der Waals surface area contributed by atoms with Crippen molar-refractivity contribution < 1.29 is 9.90 Å². The molecule has 7 heteroatoms. The lowest BCUT2D eigenvalue weighted by Crippen LogP contribution is -2.54. The number of phenols is 1. The van der Waals surface area contributed by atoms with E-state index in [4.69, 9.17) is 0 Å². The first kappa shape index (κ1) is 20.2. The van der Waals surface area contributed by atoms with E-state index in [2.05, 4.69) is 32.6 Å². The van der Waals surface area contributed by atoms with Crippen molar-refractivity contribution >= 4 is 16.9 Å². The number of carbonyl (C=O) groups excluding carboxylic acids is 1. The van der Waals surface area contributed by atoms with Crippen LogP contribution >= 0.6 is 0 Å². The van der Waals surface area contributed by atoms with Gasteiger partial charge >= 0.3 is 0 Å². The number of hydrogen-bond acceptors (Lipinski definition) is 5. The van der Waals surface area contributed by atoms with Crippen molar-refractivity contribution in [2.45, 2.75) is 19.4 Å². The molecule has 0 spiro atoms. The Morgan fingerprint density at radius 1 is 1.16 bits per heavy atom. The van der Waals surface area contributed by atoms with Gasteiger partial charge in [0.1, 0.15) is 5.75 Å². The summed E-state index contributed by atoms with van der Waals surface area (Å²) >= 11 is 0. The number of nitrogens with zero attached hydrogens (tertiary/aromatic N) is 3. The number of aromatic hydroxyl groups is 1. The van der Waals surface area contributed by atoms with Crippen molar-refractivity contribution in [2.75, 3.05) is 19.6 Å². The van der Waals surface area contributed by atoms with Gasteiger partial charge in [0.2, 0.25) is 0 Å². The van der Waals surface area contributed by atoms with Crippen LogP contribution in [0.15, 0.2) is 60.7 Å². The third-order valence-electron chi connectivity index (χ3n) is 6.03. The van der Waals surface area contributed by atoms with E-state index in [9.17, 15) is 9.90 Å². The van der Waals surface area contributed by atoms with Gasteiger partial charge in [0.15, 0.2) is 5.65 Å². The molecule has 1 fully saturated rings. The van der Waals surface area contributed by atoms with Gasteiger partial charge in [-0.15, -0.1) is 0 Å². The van der Waals surface area contributed by atoms with E-state index >= 15 is 0 Å². The molecular weight excluding hydrogens is 402 g/mol. The topological polar surface area (TPSA) is 94.1 Å². The van der Waals surface area contributed by atoms with Gasteiger partial charge in [0.25, 0.3) is 5.91 Å². The molecule has 162 valence electrons. The summed E-state index contributed by atoms with van der Waals surface area (Å²) in [4.78, 5) is 20.6. The number of H-pyrrole nitrogens is 1. The van der Waals surface area contributed by atoms with E-state index in [-0.39, 0.29) is 17.7 Å². The minimum absolute atomic E-state index is 0.00985. The second kappa shape index (κ2) is 8.43. The van der Waals surface area contributed by atoms with Crippen LogP contribution in [0.4, 0.5) is 0 Å². The number of pyridine rings is 1. The number of aromatic nitrogens is 3. The number of benzene rings is 2. The molecule has 1 atom stereocenters. The van der Waals surface area contributed by atoms with Crippen molar-refractivity contribution in [3.05, 3.63) is 77.5 Å². The largest absolute Gasteiger partial charge is 0.508 e. The van der Waals surface area contributed by atoms with Gasteiger partial charge in [-0.3, -0.25) is 9.89 Å². The summed E-state index contributed by atoms with van der Waals surface area (Å²) in [5.41, 5.74) is 4.65. The highest BCUT2D eigenvalue weighted by atomic mass is 16.3. The molecule has 2 aromatic heterocycles. The number of rotatable bonds is 4. The molecule has 3 heterocycles. The molecular formula is C25H25N5O2. The lowest BCUT2D eigenvalue weighted by Gasteiger charge is -2.36. The molecule has 1 aliphatic heterocycles. The average Bonchev–Trinajstić information content (AvgIpc) is 3.20. The zero-order chi connectivity index (χ0) is 22.1. The number of amides is 1. The van der Waals surface area contributed by atoms with Gasteiger partial charge in [-0.25, -0.2) is 4.98 Å². The summed E-state index contributed by atoms with van der Waals surface area (Å²) in [7, 11) is 0. The second-order valence-electron chi connectivity index (χ2n) is 8.18. The fraction of sp³-hybridized carbons (Fsp3) is 0.240. The first-order valence-corrected chi connectivity index (χ1v) is 10.8. The van der Waals surface area contributed by atoms with Crippen LogP contribution in [0.2, 0.25) is 0 Å². The van der Waals surface area contributed by atoms with Crippen LogP contribution in [-0.2, 0) is 6.42 Å². The number of nitrogens with one attached hydrogen (secondary N) is 2. The zero-order valence-electron chi connectivity index (χ0n) is 17.9. The summed E-state index contributed by atoms with van der Waals surface area (Å²) in [5, 5.41) is 21.1. The minimum Gasteiger partial charge on any atom is -0.508 e. The molecule has 2 aromatic carbocycles. The van der Waals surface area contributed by atoms with Gasteiger partial charge in [-0.05, 0) is 49.2 Å². The van der Waals surface area contributed by atoms with Crippen molar-refractivity contribution in [1.82, 2.24) is 25.4 Å². The molecule has 0 bridgehead atoms. The van der Waals surface area contributed by atoms with E-state index in [1.807, 2.05) is 36.1 Å². The Morgan fingerprint density at radius 3 is 2.72 bits per heavy atom. The quantitative estimate of drug-likeness (QED) is 0.465. The number of fused-ring (bicyclic) bond motifs is 1. The van der Waals surface area contributed by atoms with Gasteiger partial charge < -0.3 is 15.3 Å². The summed E-state index contributed by atoms with van der Waals surface area (Å²) in [6.07, 6.45) is 0.795. The van der Waals surface area contributed by atoms with Crippen molar-refractivity contribution in [3.8, 4) is 17.0 Å². The predicted molar refractivity (Wildman–Crippen MR) is 124 cm³/mol. The van der Waals surface area contributed by atoms with Crippen LogP contribution in [0.5, 0.6) is 5.75 Å². The third kappa shape index (κ3) is 3.83. The summed E-state index contributed by atoms with van der Waals surface area (Å²) in [6, 6.07) is 19.0. The summed E-state index contributed by atoms with van der Waals surface area (Å²) in [5.74, 6) is 0.178. The lowest BCUT2D eigenvalue weighted by atomic mass is 10.00. The van der Waals surface area contributed by atoms with Gasteiger partial charge in [-0.1, -0.05) is 30.3 Å². The van der Waals surface area contributed by atoms with Crippen LogP contribution < -0.4 is 5.32 Å². The Morgan fingerprint density at radius 2 is 1.94 bits per heavy atom. The Labute approximate surface area is 186 Å². The number of hydrogen-bond donors (Lipinski definition) is 3. The van der Waals surface area contributed by atoms with Gasteiger partial charge in [0, 0.05) is 31.2 Å². The van der Waals surface area contributed by atoms with E-state index in [0.29, 0.717) is 23.4 Å². The van der Waals surface area contributed by atoms with Gasteiger partial charge in [0.05, 0.1) is 22.3 Å². The van der Waals surface area contributed by atoms with Crippen molar-refractivity contribution in [2.24, 2.45) is 0 Å². The van der Waals surface area contributed by atoms with Crippen LogP contribution in [0.1, 0.15) is 21.6 Å². The molecule has 3 N–H and O–H groups in total. The second-order valence-corrected chi connectivity index (χ2v) is 8.18. The van der Waals surface area contributed by atoms with Crippen LogP contribution in [0.3, 0.4) is 0 Å². The molecule has 1 saturated heterocycles. The number of phenolic OH excluding ortho intramolecular Hbond substituents is 1. The van der Waals surface area contributed by atoms with Gasteiger partial charge in [-0.2, -0.15) is 5.10 Å². The molecule has 4 aromatic rings. The number of aryl methyl sites for hydroxylation is 1. The van der Waals surface area contributed by atoms with Crippen LogP contribution in [0.25, 0.3) is 22.3 Å². The first-order valence-electron chi connectivity index (χ1n) is 10.8. The van der Waals surface area contributed by atoms with E-state index in [1.54, 1.807) is 24.3 Å². The molecule has 0 radical (unpaired) electrons. The minimum atomic E-state index is -0.00985. The number of carbonyl (C=O) groups is 1. The fourth-order valence-corrected chi connectivity index (χ4v) is 4.39. The predicted octanol–water partition coefficient (Wildman–Crippen LogP) is 3.30. The fourth-order valence-electron chi connectivity index (χ4n) is 4.39. The van der Waals surface area contributed by atoms with Crippen molar-refractivity contribution in [1.29, 1.82) is 0 Å². The SMILES string of the molecule is Cc1n[nH]c2nc(-c3ccc(O)cc3)cc(C(=O)N3CCNC[C@H]3Cc3ccccc3)c12. The Kier molecular flexibility index (Phi) is 5.33. The van der Waals surface area contributed by atoms with Crippen LogP contribution in [0, 0.1) is 6.92 Å². The van der Waals surface area contributed by atoms with E-state index in [0.717, 1.165) is 36.2 Å². The van der Waals surface area contributed by atoms with E-state index in [1.165, 1.54) is 5.56 Å². The molecule has 0 unspecified atom stereocenters. The molecule has 1 aliphatic rings. The molecule has 1 amide bonds. The normalized spacial score (nSPS) is 16.4. The molecule has 5 rings (SSSR count). The average molecular weight is 428 g/mol. The van der Waals surface area contributed by atoms with Crippen LogP contribution in [-0.4, -0.2) is 56.8 Å². The standard InChI is InChI=1S/C25H25N5O2/c1-16-23-21(14-22(27-24(23)29-28-16)18-7-9-20(31)10-8-18)25(32)30-12-11-26-15-19(30)13-17-5-3-2-4-6-17/h2-10,14,19,26,31H,11-13,15H2,1H3,(H,27,28,29)/t19-/m1/s1. The number of aromatic amines is 1. The Bertz CT molecular complexity index is 1250. The first-order chi connectivity index (χ1) is 15.6. The maximum Gasteiger partial charge on any atom is 0.255 e. The third-order valence-corrected chi connectivity index (χ3v) is 6.03. The van der Waals surface area contributed by atoms with E-state index < -0.39 is 0 Å². The molecule has 0 saturated carbocycles. The highest BCUT2D eigenvalue weighted by molar-refractivity contribution is 6.07. The Hall–Kier alpha value is -3.71. The molecule has 7 nitrogen and oxygen atoms in total. The molecule has 32 heavy (non-hydrogen) atoms. The van der Waals surface area contributed by atoms with Crippen molar-refractivity contribution in [3.63, 3.8) is 0 Å². The zero-order valence-corrected chi connectivity index (χ0v) is 17.9. The summed E-state index contributed by atoms with van der Waals surface area (Å²) < 4.78 is 0. The monoisotopic (exact) mass is 427 g/mol. The maximum absolute atomic E-state index is 13.9. The summed E-state index contributed by atoms with van der Waals surface area (Å²) in [6.45, 7) is 4.05.